The molecule has 0 aromatic heterocycles. The number of benzene rings is 1. The van der Waals surface area contributed by atoms with Crippen LogP contribution in [0.1, 0.15) is 33.3 Å². The van der Waals surface area contributed by atoms with E-state index in [1.807, 2.05) is 0 Å². The average Bonchev–Trinajstić information content (AvgIpc) is 2.36. The first kappa shape index (κ1) is 19.4. The van der Waals surface area contributed by atoms with Gasteiger partial charge in [0.2, 0.25) is 10.0 Å². The molecule has 0 aliphatic heterocycles. The number of alkyl halides is 2. The van der Waals surface area contributed by atoms with Crippen molar-refractivity contribution in [3.63, 3.8) is 0 Å². The first-order chi connectivity index (χ1) is 10.2. The number of sulfonamides is 1. The molecule has 1 atom stereocenters. The van der Waals surface area contributed by atoms with Gasteiger partial charge in [-0.05, 0) is 33.8 Å². The van der Waals surface area contributed by atoms with Gasteiger partial charge < -0.3 is 5.11 Å². The van der Waals surface area contributed by atoms with Gasteiger partial charge in [0, 0.05) is 5.56 Å². The molecule has 0 heterocycles. The average molecular weight is 353 g/mol. The third kappa shape index (κ3) is 3.35. The van der Waals surface area contributed by atoms with Crippen LogP contribution < -0.4 is 4.72 Å². The Morgan fingerprint density at radius 3 is 2.00 bits per heavy atom. The summed E-state index contributed by atoms with van der Waals surface area (Å²) in [5.41, 5.74) is -3.77. The van der Waals surface area contributed by atoms with Gasteiger partial charge in [0.15, 0.2) is 0 Å². The number of aliphatic carboxylic acids is 1. The van der Waals surface area contributed by atoms with Crippen molar-refractivity contribution in [3.8, 4) is 0 Å². The molecular weight excluding hydrogens is 335 g/mol. The normalized spacial score (nSPS) is 16.0. The van der Waals surface area contributed by atoms with E-state index in [0.717, 1.165) is 12.1 Å². The molecule has 0 radical (unpaired) electrons. The lowest BCUT2D eigenvalue weighted by atomic mass is 9.86. The minimum absolute atomic E-state index is 0.642. The van der Waals surface area contributed by atoms with Crippen molar-refractivity contribution in [3.05, 3.63) is 35.6 Å². The highest BCUT2D eigenvalue weighted by Crippen LogP contribution is 2.40. The van der Waals surface area contributed by atoms with E-state index in [0.29, 0.717) is 6.92 Å². The van der Waals surface area contributed by atoms with Crippen molar-refractivity contribution in [2.24, 2.45) is 0 Å². The van der Waals surface area contributed by atoms with E-state index in [1.165, 1.54) is 32.9 Å². The fourth-order valence-electron chi connectivity index (χ4n) is 1.79. The van der Waals surface area contributed by atoms with Gasteiger partial charge in [-0.2, -0.15) is 13.5 Å². The lowest BCUT2D eigenvalue weighted by Crippen LogP contribution is -2.61. The maximum absolute atomic E-state index is 14.3. The van der Waals surface area contributed by atoms with Crippen LogP contribution in [0.3, 0.4) is 0 Å². The fourth-order valence-corrected chi connectivity index (χ4v) is 2.87. The van der Waals surface area contributed by atoms with Gasteiger partial charge in [0.1, 0.15) is 11.4 Å². The van der Waals surface area contributed by atoms with E-state index in [2.05, 4.69) is 0 Å². The van der Waals surface area contributed by atoms with Crippen molar-refractivity contribution in [2.75, 3.05) is 0 Å². The molecule has 1 aromatic carbocycles. The SMILES string of the molecule is CC(C)(C)S(=O)(=O)N[C@](C)(c1ccccc1F)C(F)(F)C(=O)O. The van der Waals surface area contributed by atoms with E-state index < -0.39 is 43.6 Å². The van der Waals surface area contributed by atoms with E-state index in [4.69, 9.17) is 5.11 Å². The number of nitrogens with one attached hydrogen (secondary N) is 1. The van der Waals surface area contributed by atoms with Crippen molar-refractivity contribution in [2.45, 2.75) is 43.9 Å². The van der Waals surface area contributed by atoms with Crippen LogP contribution in [-0.4, -0.2) is 30.2 Å². The Morgan fingerprint density at radius 1 is 1.13 bits per heavy atom. The zero-order valence-corrected chi connectivity index (χ0v) is 13.8. The maximum Gasteiger partial charge on any atom is 0.377 e. The Bertz CT molecular complexity index is 713. The molecule has 0 aliphatic rings. The highest BCUT2D eigenvalue weighted by Gasteiger charge is 2.61. The van der Waals surface area contributed by atoms with Crippen LogP contribution in [0.5, 0.6) is 0 Å². The summed E-state index contributed by atoms with van der Waals surface area (Å²) in [7, 11) is -4.40. The summed E-state index contributed by atoms with van der Waals surface area (Å²) in [4.78, 5) is 11.0. The van der Waals surface area contributed by atoms with E-state index >= 15 is 0 Å². The highest BCUT2D eigenvalue weighted by molar-refractivity contribution is 7.90. The number of hydrogen-bond acceptors (Lipinski definition) is 3. The van der Waals surface area contributed by atoms with Gasteiger partial charge in [0.05, 0.1) is 4.75 Å². The quantitative estimate of drug-likeness (QED) is 0.852. The first-order valence-electron chi connectivity index (χ1n) is 6.56. The lowest BCUT2D eigenvalue weighted by Gasteiger charge is -2.37. The van der Waals surface area contributed by atoms with Crippen molar-refractivity contribution < 1.29 is 31.5 Å². The van der Waals surface area contributed by atoms with E-state index in [-0.39, 0.29) is 0 Å². The number of carbonyl (C=O) groups is 1. The zero-order valence-electron chi connectivity index (χ0n) is 13.0. The molecule has 2 N–H and O–H groups in total. The zero-order chi connectivity index (χ0) is 18.3. The van der Waals surface area contributed by atoms with E-state index in [1.54, 1.807) is 4.72 Å². The van der Waals surface area contributed by atoms with Gasteiger partial charge in [-0.25, -0.2) is 17.6 Å². The second-order valence-corrected chi connectivity index (χ2v) is 8.64. The monoisotopic (exact) mass is 353 g/mol. The van der Waals surface area contributed by atoms with Crippen LogP contribution in [0.25, 0.3) is 0 Å². The van der Waals surface area contributed by atoms with Gasteiger partial charge >= 0.3 is 11.9 Å². The third-order valence-corrected chi connectivity index (χ3v) is 5.74. The minimum Gasteiger partial charge on any atom is -0.477 e. The molecule has 23 heavy (non-hydrogen) atoms. The summed E-state index contributed by atoms with van der Waals surface area (Å²) >= 11 is 0. The Labute approximate surface area is 132 Å². The predicted octanol–water partition coefficient (Wildman–Crippen LogP) is 2.48. The number of carboxylic acid groups (broad SMARTS) is 1. The van der Waals surface area contributed by atoms with Crippen LogP contribution in [-0.2, 0) is 20.4 Å². The number of rotatable bonds is 5. The number of carboxylic acids is 1. The molecule has 0 saturated carbocycles. The molecule has 0 unspecified atom stereocenters. The van der Waals surface area contributed by atoms with Crippen LogP contribution in [0.2, 0.25) is 0 Å². The van der Waals surface area contributed by atoms with Gasteiger partial charge in [0.25, 0.3) is 0 Å². The second kappa shape index (κ2) is 5.79. The van der Waals surface area contributed by atoms with Gasteiger partial charge in [-0.3, -0.25) is 0 Å². The molecule has 1 rings (SSSR count). The third-order valence-electron chi connectivity index (χ3n) is 3.45. The molecule has 130 valence electrons. The molecule has 0 aliphatic carbocycles. The summed E-state index contributed by atoms with van der Waals surface area (Å²) in [5, 5.41) is 8.82. The second-order valence-electron chi connectivity index (χ2n) is 6.20. The molecule has 9 heteroatoms. The largest absolute Gasteiger partial charge is 0.477 e. The van der Waals surface area contributed by atoms with Crippen molar-refractivity contribution in [1.82, 2.24) is 4.72 Å². The van der Waals surface area contributed by atoms with Gasteiger partial charge in [-0.1, -0.05) is 18.2 Å². The first-order valence-corrected chi connectivity index (χ1v) is 8.05. The Balaban J connectivity index is 3.65. The van der Waals surface area contributed by atoms with Crippen LogP contribution in [0.15, 0.2) is 24.3 Å². The molecule has 5 nitrogen and oxygen atoms in total. The Hall–Kier alpha value is -1.61. The molecule has 0 fully saturated rings. The Kier molecular flexibility index (Phi) is 4.89. The van der Waals surface area contributed by atoms with Crippen LogP contribution in [0, 0.1) is 5.82 Å². The lowest BCUT2D eigenvalue weighted by molar-refractivity contribution is -0.177. The maximum atomic E-state index is 14.3. The molecule has 1 aromatic rings. The molecule has 0 saturated heterocycles. The molecule has 0 amide bonds. The van der Waals surface area contributed by atoms with Crippen molar-refractivity contribution in [1.29, 1.82) is 0 Å². The summed E-state index contributed by atoms with van der Waals surface area (Å²) in [6.45, 7) is 4.38. The Morgan fingerprint density at radius 2 is 1.61 bits per heavy atom. The summed E-state index contributed by atoms with van der Waals surface area (Å²) in [6.07, 6.45) is 0. The smallest absolute Gasteiger partial charge is 0.377 e. The fraction of sp³-hybridized carbons (Fsp3) is 0.500. The minimum atomic E-state index is -4.59. The summed E-state index contributed by atoms with van der Waals surface area (Å²) < 4.78 is 67.3. The summed E-state index contributed by atoms with van der Waals surface area (Å²) in [5.74, 6) is -8.31. The molecule has 0 spiro atoms. The van der Waals surface area contributed by atoms with Crippen LogP contribution in [0.4, 0.5) is 13.2 Å². The molecule has 0 bridgehead atoms. The molecular formula is C14H18F3NO4S. The number of halogens is 3. The topological polar surface area (TPSA) is 83.5 Å². The highest BCUT2D eigenvalue weighted by atomic mass is 32.2. The standard InChI is InChI=1S/C14H18F3NO4S/c1-12(2,3)23(21,22)18-13(4,14(16,17)11(19)20)9-7-5-6-8-10(9)15/h5-8,18H,1-4H3,(H,19,20)/t13-/m1/s1. The van der Waals surface area contributed by atoms with Crippen molar-refractivity contribution >= 4 is 16.0 Å². The number of hydrogen-bond donors (Lipinski definition) is 2. The van der Waals surface area contributed by atoms with Gasteiger partial charge in [-0.15, -0.1) is 0 Å². The van der Waals surface area contributed by atoms with Crippen LogP contribution >= 0.6 is 0 Å². The van der Waals surface area contributed by atoms with E-state index in [9.17, 15) is 26.4 Å². The summed E-state index contributed by atoms with van der Waals surface area (Å²) in [6, 6.07) is 4.19. The predicted molar refractivity (Wildman–Crippen MR) is 78.1 cm³/mol.